The van der Waals surface area contributed by atoms with Crippen LogP contribution in [0.25, 0.3) is 11.1 Å². The van der Waals surface area contributed by atoms with Gasteiger partial charge in [-0.3, -0.25) is 9.69 Å². The Morgan fingerprint density at radius 1 is 1.03 bits per heavy atom. The molecule has 3 aliphatic heterocycles. The summed E-state index contributed by atoms with van der Waals surface area (Å²) in [7, 11) is 0. The summed E-state index contributed by atoms with van der Waals surface area (Å²) in [6.07, 6.45) is 4.75. The number of nitrogens with one attached hydrogen (secondary N) is 2. The molecule has 1 amide bonds. The van der Waals surface area contributed by atoms with E-state index in [0.717, 1.165) is 73.9 Å². The van der Waals surface area contributed by atoms with E-state index in [1.165, 1.54) is 0 Å². The molecule has 0 aliphatic carbocycles. The fourth-order valence-electron chi connectivity index (χ4n) is 4.43. The molecule has 2 fully saturated rings. The molecule has 2 N–H and O–H groups in total. The first-order valence-corrected chi connectivity index (χ1v) is 10.1. The van der Waals surface area contributed by atoms with Crippen molar-refractivity contribution in [2.24, 2.45) is 0 Å². The van der Waals surface area contributed by atoms with Crippen molar-refractivity contribution in [3.05, 3.63) is 36.2 Å². The second kappa shape index (κ2) is 8.65. The minimum atomic E-state index is 0. The number of aromatic amines is 1. The first-order valence-electron chi connectivity index (χ1n) is 10.1. The maximum atomic E-state index is 13.2. The number of fused-ring (bicyclic) bond motifs is 1. The van der Waals surface area contributed by atoms with Gasteiger partial charge in [0.1, 0.15) is 13.2 Å². The van der Waals surface area contributed by atoms with Crippen LogP contribution < -0.4 is 14.8 Å². The maximum Gasteiger partial charge on any atom is 0.256 e. The number of hydrogen-bond donors (Lipinski definition) is 2. The average molecular weight is 419 g/mol. The molecule has 1 atom stereocenters. The van der Waals surface area contributed by atoms with Crippen molar-refractivity contribution in [3.8, 4) is 22.6 Å². The number of halogens is 1. The Kier molecular flexibility index (Phi) is 5.99. The Labute approximate surface area is 176 Å². The van der Waals surface area contributed by atoms with Crippen molar-refractivity contribution in [1.82, 2.24) is 20.1 Å². The molecule has 1 aromatic carbocycles. The number of benzene rings is 1. The van der Waals surface area contributed by atoms with Gasteiger partial charge in [-0.15, -0.1) is 12.4 Å². The number of aromatic nitrogens is 1. The van der Waals surface area contributed by atoms with Gasteiger partial charge in [-0.1, -0.05) is 6.07 Å². The summed E-state index contributed by atoms with van der Waals surface area (Å²) in [5.41, 5.74) is 2.59. The minimum Gasteiger partial charge on any atom is -0.486 e. The van der Waals surface area contributed by atoms with Crippen LogP contribution in [0.1, 0.15) is 16.8 Å². The summed E-state index contributed by atoms with van der Waals surface area (Å²) >= 11 is 0. The van der Waals surface area contributed by atoms with E-state index in [-0.39, 0.29) is 18.3 Å². The molecular weight excluding hydrogens is 392 g/mol. The molecule has 1 aromatic heterocycles. The van der Waals surface area contributed by atoms with Gasteiger partial charge in [-0.2, -0.15) is 0 Å². The third-order valence-corrected chi connectivity index (χ3v) is 5.95. The zero-order valence-corrected chi connectivity index (χ0v) is 17.2. The lowest BCUT2D eigenvalue weighted by atomic mass is 10.0. The van der Waals surface area contributed by atoms with E-state index < -0.39 is 0 Å². The van der Waals surface area contributed by atoms with Crippen LogP contribution in [0.4, 0.5) is 0 Å². The number of carbonyl (C=O) groups excluding carboxylic acids is 1. The van der Waals surface area contributed by atoms with E-state index in [2.05, 4.69) is 15.2 Å². The van der Waals surface area contributed by atoms with Crippen molar-refractivity contribution in [2.45, 2.75) is 12.5 Å². The lowest BCUT2D eigenvalue weighted by molar-refractivity contribution is 0.0774. The average Bonchev–Trinajstić information content (AvgIpc) is 3.44. The van der Waals surface area contributed by atoms with Crippen LogP contribution in [0, 0.1) is 0 Å². The van der Waals surface area contributed by atoms with Crippen molar-refractivity contribution >= 4 is 18.3 Å². The van der Waals surface area contributed by atoms with Gasteiger partial charge in [-0.05, 0) is 24.1 Å². The summed E-state index contributed by atoms with van der Waals surface area (Å²) in [6.45, 7) is 6.97. The molecule has 0 spiro atoms. The lowest BCUT2D eigenvalue weighted by Gasteiger charge is -2.32. The number of rotatable bonds is 3. The molecule has 0 bridgehead atoms. The zero-order valence-electron chi connectivity index (χ0n) is 16.4. The Morgan fingerprint density at radius 3 is 2.66 bits per heavy atom. The number of ether oxygens (including phenoxy) is 2. The normalized spacial score (nSPS) is 21.7. The summed E-state index contributed by atoms with van der Waals surface area (Å²) in [5, 5.41) is 3.40. The Balaban J connectivity index is 0.00000205. The van der Waals surface area contributed by atoms with Gasteiger partial charge in [0.25, 0.3) is 5.91 Å². The molecule has 2 aromatic rings. The molecule has 7 nitrogen and oxygen atoms in total. The Hall–Kier alpha value is -2.22. The van der Waals surface area contributed by atoms with Crippen LogP contribution in [0.5, 0.6) is 11.5 Å². The maximum absolute atomic E-state index is 13.2. The van der Waals surface area contributed by atoms with Crippen LogP contribution in [0.15, 0.2) is 30.6 Å². The van der Waals surface area contributed by atoms with Crippen LogP contribution in [0.2, 0.25) is 0 Å². The highest BCUT2D eigenvalue weighted by molar-refractivity contribution is 6.01. The highest BCUT2D eigenvalue weighted by Crippen LogP contribution is 2.36. The second-order valence-electron chi connectivity index (χ2n) is 7.62. The number of hydrogen-bond acceptors (Lipinski definition) is 5. The number of amides is 1. The largest absolute Gasteiger partial charge is 0.486 e. The fraction of sp³-hybridized carbons (Fsp3) is 0.476. The fourth-order valence-corrected chi connectivity index (χ4v) is 4.43. The Morgan fingerprint density at radius 2 is 1.83 bits per heavy atom. The van der Waals surface area contributed by atoms with E-state index in [0.29, 0.717) is 19.3 Å². The molecule has 8 heteroatoms. The van der Waals surface area contributed by atoms with Gasteiger partial charge in [0.15, 0.2) is 11.5 Å². The Bertz CT molecular complexity index is 865. The summed E-state index contributed by atoms with van der Waals surface area (Å²) < 4.78 is 11.3. The first-order chi connectivity index (χ1) is 13.8. The molecule has 1 unspecified atom stereocenters. The first kappa shape index (κ1) is 20.1. The second-order valence-corrected chi connectivity index (χ2v) is 7.62. The summed E-state index contributed by atoms with van der Waals surface area (Å²) in [6, 6.07) is 6.34. The third kappa shape index (κ3) is 3.95. The topological polar surface area (TPSA) is 69.8 Å². The van der Waals surface area contributed by atoms with E-state index in [9.17, 15) is 4.79 Å². The van der Waals surface area contributed by atoms with Crippen molar-refractivity contribution in [2.75, 3.05) is 52.5 Å². The molecule has 3 aliphatic rings. The van der Waals surface area contributed by atoms with Gasteiger partial charge in [0, 0.05) is 63.3 Å². The van der Waals surface area contributed by atoms with E-state index in [1.807, 2.05) is 35.5 Å². The lowest BCUT2D eigenvalue weighted by Crippen LogP contribution is -2.49. The highest BCUT2D eigenvalue weighted by atomic mass is 35.5. The van der Waals surface area contributed by atoms with Crippen LogP contribution in [-0.2, 0) is 0 Å². The molecule has 0 radical (unpaired) electrons. The number of piperazine rings is 1. The smallest absolute Gasteiger partial charge is 0.256 e. The molecular formula is C21H27ClN4O3. The molecule has 5 rings (SSSR count). The molecule has 0 saturated carbocycles. The number of H-pyrrole nitrogens is 1. The van der Waals surface area contributed by atoms with Gasteiger partial charge >= 0.3 is 0 Å². The van der Waals surface area contributed by atoms with Crippen molar-refractivity contribution in [1.29, 1.82) is 0 Å². The van der Waals surface area contributed by atoms with Gasteiger partial charge in [0.05, 0.1) is 5.56 Å². The monoisotopic (exact) mass is 418 g/mol. The summed E-state index contributed by atoms with van der Waals surface area (Å²) in [4.78, 5) is 20.9. The van der Waals surface area contributed by atoms with E-state index in [4.69, 9.17) is 9.47 Å². The number of carbonyl (C=O) groups is 1. The van der Waals surface area contributed by atoms with Crippen LogP contribution >= 0.6 is 12.4 Å². The number of nitrogens with zero attached hydrogens (tertiary/aromatic N) is 2. The SMILES string of the molecule is Cl.O=C(c1c[nH]cc1-c1ccc2c(c1)OCCO2)N1CCC(N2CCNCC2)C1. The van der Waals surface area contributed by atoms with Crippen LogP contribution in [-0.4, -0.2) is 79.2 Å². The molecule has 156 valence electrons. The van der Waals surface area contributed by atoms with Gasteiger partial charge in [-0.25, -0.2) is 0 Å². The zero-order chi connectivity index (χ0) is 18.9. The molecule has 4 heterocycles. The van der Waals surface area contributed by atoms with Crippen LogP contribution in [0.3, 0.4) is 0 Å². The standard InChI is InChI=1S/C21H26N4O3.ClH/c26-21(25-6-3-16(14-25)24-7-4-22-5-8-24)18-13-23-12-17(18)15-1-2-19-20(11-15)28-10-9-27-19;/h1-2,11-13,16,22-23H,3-10,14H2;1H. The predicted molar refractivity (Wildman–Crippen MR) is 113 cm³/mol. The number of likely N-dealkylation sites (tertiary alicyclic amines) is 1. The van der Waals surface area contributed by atoms with E-state index >= 15 is 0 Å². The minimum absolute atomic E-state index is 0. The van der Waals surface area contributed by atoms with Gasteiger partial charge in [0.2, 0.25) is 0 Å². The van der Waals surface area contributed by atoms with Crippen molar-refractivity contribution in [3.63, 3.8) is 0 Å². The van der Waals surface area contributed by atoms with Crippen molar-refractivity contribution < 1.29 is 14.3 Å². The third-order valence-electron chi connectivity index (χ3n) is 5.95. The molecule has 2 saturated heterocycles. The quantitative estimate of drug-likeness (QED) is 0.797. The van der Waals surface area contributed by atoms with E-state index in [1.54, 1.807) is 0 Å². The highest BCUT2D eigenvalue weighted by Gasteiger charge is 2.32. The molecule has 29 heavy (non-hydrogen) atoms. The predicted octanol–water partition coefficient (Wildman–Crippen LogP) is 1.99. The van der Waals surface area contributed by atoms with Gasteiger partial charge < -0.3 is 24.7 Å². The summed E-state index contributed by atoms with van der Waals surface area (Å²) in [5.74, 6) is 1.60.